The Morgan fingerprint density at radius 2 is 0.871 bits per heavy atom. The molecule has 0 bridgehead atoms. The maximum absolute atomic E-state index is 13.3. The summed E-state index contributed by atoms with van der Waals surface area (Å²) in [6, 6.07) is 0. The molecule has 0 spiro atoms. The summed E-state index contributed by atoms with van der Waals surface area (Å²) in [7, 11) is 0. The largest absolute Gasteiger partial charge is 0.460 e. The fraction of sp³-hybridized carbons (Fsp3) is 0.750. The number of alkyl halides is 17. The van der Waals surface area contributed by atoms with Crippen LogP contribution in [0.1, 0.15) is 0 Å². The molecule has 0 saturated heterocycles. The van der Waals surface area contributed by atoms with Gasteiger partial charge in [0.2, 0.25) is 0 Å². The van der Waals surface area contributed by atoms with Gasteiger partial charge in [-0.15, -0.1) is 0 Å². The summed E-state index contributed by atoms with van der Waals surface area (Å²) in [6.45, 7) is 1.16. The monoisotopic (exact) mass is 504 g/mol. The Balaban J connectivity index is 6.69. The second-order valence-corrected chi connectivity index (χ2v) is 5.41. The van der Waals surface area contributed by atoms with Crippen molar-refractivity contribution in [3.63, 3.8) is 0 Å². The number of ether oxygens (including phenoxy) is 1. The third-order valence-electron chi connectivity index (χ3n) is 3.31. The van der Waals surface area contributed by atoms with E-state index in [0.29, 0.717) is 6.08 Å². The Morgan fingerprint density at radius 3 is 1.16 bits per heavy atom. The minimum atomic E-state index is -8.74. The number of carbonyl (C=O) groups is 1. The second-order valence-electron chi connectivity index (χ2n) is 5.41. The molecule has 0 aromatic rings. The molecule has 0 radical (unpaired) electrons. The van der Waals surface area contributed by atoms with Gasteiger partial charge >= 0.3 is 53.6 Å². The van der Waals surface area contributed by atoms with E-state index in [4.69, 9.17) is 0 Å². The molecule has 184 valence electrons. The van der Waals surface area contributed by atoms with Crippen LogP contribution in [0, 0.1) is 0 Å². The summed E-state index contributed by atoms with van der Waals surface area (Å²) in [5, 5.41) is 0. The Bertz CT molecular complexity index is 690. The second kappa shape index (κ2) is 7.56. The van der Waals surface area contributed by atoms with Crippen molar-refractivity contribution in [2.45, 2.75) is 47.6 Å². The molecule has 0 aliphatic rings. The van der Waals surface area contributed by atoms with E-state index >= 15 is 0 Å². The van der Waals surface area contributed by atoms with E-state index in [2.05, 4.69) is 11.3 Å². The van der Waals surface area contributed by atoms with Crippen LogP contribution in [0.3, 0.4) is 0 Å². The van der Waals surface area contributed by atoms with Crippen molar-refractivity contribution < 1.29 is 84.2 Å². The van der Waals surface area contributed by atoms with Crippen LogP contribution in [0.2, 0.25) is 0 Å². The summed E-state index contributed by atoms with van der Waals surface area (Å²) >= 11 is 0. The molecule has 0 fully saturated rings. The highest BCUT2D eigenvalue weighted by molar-refractivity contribution is 5.79. The van der Waals surface area contributed by atoms with Crippen molar-refractivity contribution in [1.29, 1.82) is 0 Å². The Hall–Kier alpha value is -1.98. The molecule has 0 saturated carbocycles. The summed E-state index contributed by atoms with van der Waals surface area (Å²) in [5.74, 6) is -62.0. The first kappa shape index (κ1) is 29.0. The van der Waals surface area contributed by atoms with Crippen LogP contribution in [-0.4, -0.2) is 60.2 Å². The van der Waals surface area contributed by atoms with E-state index < -0.39 is 60.2 Å². The molecule has 19 heteroatoms. The average Bonchev–Trinajstić information content (AvgIpc) is 2.57. The molecule has 0 heterocycles. The van der Waals surface area contributed by atoms with E-state index in [-0.39, 0.29) is 0 Å². The third-order valence-corrected chi connectivity index (χ3v) is 3.31. The van der Waals surface area contributed by atoms with Gasteiger partial charge in [-0.25, -0.2) is 4.79 Å². The number of rotatable bonds is 9. The minimum absolute atomic E-state index is 0.312. The van der Waals surface area contributed by atoms with Gasteiger partial charge in [0.05, 0.1) is 0 Å². The van der Waals surface area contributed by atoms with E-state index in [1.807, 2.05) is 0 Å². The highest BCUT2D eigenvalue weighted by Gasteiger charge is 2.95. The molecule has 0 aromatic carbocycles. The zero-order valence-corrected chi connectivity index (χ0v) is 13.7. The molecule has 31 heavy (non-hydrogen) atoms. The Morgan fingerprint density at radius 1 is 0.581 bits per heavy atom. The maximum Gasteiger partial charge on any atom is 0.460 e. The molecule has 0 atom stereocenters. The third kappa shape index (κ3) is 3.76. The lowest BCUT2D eigenvalue weighted by molar-refractivity contribution is -0.460. The van der Waals surface area contributed by atoms with Gasteiger partial charge in [-0.3, -0.25) is 0 Å². The Kier molecular flexibility index (Phi) is 7.08. The van der Waals surface area contributed by atoms with Crippen molar-refractivity contribution >= 4 is 5.97 Å². The molecule has 0 N–H and O–H groups in total. The first-order valence-corrected chi connectivity index (χ1v) is 6.73. The van der Waals surface area contributed by atoms with Crippen molar-refractivity contribution in [2.75, 3.05) is 6.61 Å². The molecule has 0 aromatic heterocycles. The maximum atomic E-state index is 13.3. The quantitative estimate of drug-likeness (QED) is 0.228. The molecular weight excluding hydrogens is 499 g/mol. The topological polar surface area (TPSA) is 26.3 Å². The van der Waals surface area contributed by atoms with Crippen molar-refractivity contribution in [3.05, 3.63) is 12.7 Å². The number of halogens is 17. The summed E-state index contributed by atoms with van der Waals surface area (Å²) in [6.07, 6.45) is -7.51. The van der Waals surface area contributed by atoms with Crippen LogP contribution in [0.15, 0.2) is 12.7 Å². The lowest BCUT2D eigenvalue weighted by atomic mass is 9.89. The Labute approximate surface area is 158 Å². The molecule has 0 rings (SSSR count). The van der Waals surface area contributed by atoms with Gasteiger partial charge in [0, 0.05) is 0 Å². The normalized spacial score (nSPS) is 15.6. The van der Waals surface area contributed by atoms with Gasteiger partial charge in [-0.1, -0.05) is 12.7 Å². The molecule has 0 aliphatic carbocycles. The summed E-state index contributed by atoms with van der Waals surface area (Å²) in [4.78, 5) is 10.7. The van der Waals surface area contributed by atoms with Crippen LogP contribution in [0.5, 0.6) is 0 Å². The van der Waals surface area contributed by atoms with Crippen LogP contribution >= 0.6 is 0 Å². The van der Waals surface area contributed by atoms with E-state index in [1.165, 1.54) is 0 Å². The minimum Gasteiger partial charge on any atom is -0.457 e. The van der Waals surface area contributed by atoms with Gasteiger partial charge in [0.1, 0.15) is 6.61 Å². The van der Waals surface area contributed by atoms with Crippen LogP contribution in [-0.2, 0) is 9.53 Å². The van der Waals surface area contributed by atoms with Gasteiger partial charge in [-0.05, 0) is 0 Å². The number of esters is 1. The fourth-order valence-corrected chi connectivity index (χ4v) is 1.52. The fourth-order valence-electron chi connectivity index (χ4n) is 1.52. The first-order chi connectivity index (χ1) is 13.2. The highest BCUT2D eigenvalue weighted by Crippen LogP contribution is 2.63. The first-order valence-electron chi connectivity index (χ1n) is 6.73. The van der Waals surface area contributed by atoms with Crippen LogP contribution in [0.4, 0.5) is 74.6 Å². The zero-order chi connectivity index (χ0) is 25.7. The SMILES string of the molecule is C=CCOC(=O)C(F)(F)C(F)(F)C(F)(F)C(F)(F)C(F)(F)C(F)(F)C(F)(F)C(F)(F)F. The smallest absolute Gasteiger partial charge is 0.457 e. The predicted molar refractivity (Wildman–Crippen MR) is 61.8 cm³/mol. The van der Waals surface area contributed by atoms with Crippen molar-refractivity contribution in [3.8, 4) is 0 Å². The number of carbonyl (C=O) groups excluding carboxylic acids is 1. The number of hydrogen-bond acceptors (Lipinski definition) is 2. The van der Waals surface area contributed by atoms with E-state index in [1.54, 1.807) is 0 Å². The molecular formula is C12H5F17O2. The number of hydrogen-bond donors (Lipinski definition) is 0. The molecule has 2 nitrogen and oxygen atoms in total. The van der Waals surface area contributed by atoms with Gasteiger partial charge in [0.25, 0.3) is 0 Å². The van der Waals surface area contributed by atoms with Crippen molar-refractivity contribution in [1.82, 2.24) is 0 Å². The zero-order valence-electron chi connectivity index (χ0n) is 13.7. The summed E-state index contributed by atoms with van der Waals surface area (Å²) < 4.78 is 222. The van der Waals surface area contributed by atoms with Gasteiger partial charge in [-0.2, -0.15) is 74.6 Å². The molecule has 0 aliphatic heterocycles. The summed E-state index contributed by atoms with van der Waals surface area (Å²) in [5.41, 5.74) is 0. The van der Waals surface area contributed by atoms with Gasteiger partial charge < -0.3 is 4.74 Å². The van der Waals surface area contributed by atoms with Crippen molar-refractivity contribution in [2.24, 2.45) is 0 Å². The van der Waals surface area contributed by atoms with Gasteiger partial charge in [0.15, 0.2) is 0 Å². The highest BCUT2D eigenvalue weighted by atomic mass is 19.4. The lowest BCUT2D eigenvalue weighted by Crippen LogP contribution is -2.75. The van der Waals surface area contributed by atoms with Crippen LogP contribution < -0.4 is 0 Å². The average molecular weight is 504 g/mol. The molecule has 0 unspecified atom stereocenters. The van der Waals surface area contributed by atoms with E-state index in [9.17, 15) is 79.4 Å². The van der Waals surface area contributed by atoms with Crippen LogP contribution in [0.25, 0.3) is 0 Å². The standard InChI is InChI=1S/C12H5F17O2/c1-2-3-31-4(30)5(13,14)6(15,16)7(17,18)8(19,20)9(21,22)10(23,24)11(25,26)12(27,28)29/h2H,1,3H2. The van der Waals surface area contributed by atoms with E-state index in [0.717, 1.165) is 0 Å². The molecule has 0 amide bonds. The lowest BCUT2D eigenvalue weighted by Gasteiger charge is -2.42. The predicted octanol–water partition coefficient (Wildman–Crippen LogP) is 5.73.